The van der Waals surface area contributed by atoms with E-state index in [2.05, 4.69) is 0 Å². The lowest BCUT2D eigenvalue weighted by Gasteiger charge is -1.99. The fraction of sp³-hybridized carbons (Fsp3) is 0.308. The van der Waals surface area contributed by atoms with Crippen LogP contribution >= 0.6 is 23.1 Å². The molecule has 0 saturated carbocycles. The Morgan fingerprint density at radius 3 is 3.00 bits per heavy atom. The number of hydrogen-bond acceptors (Lipinski definition) is 4. The van der Waals surface area contributed by atoms with Crippen molar-refractivity contribution in [3.63, 3.8) is 0 Å². The first kappa shape index (κ1) is 12.5. The van der Waals surface area contributed by atoms with E-state index in [4.69, 9.17) is 4.42 Å². The Balaban J connectivity index is 1.70. The van der Waals surface area contributed by atoms with Crippen LogP contribution in [0.2, 0.25) is 0 Å². The molecule has 0 fully saturated rings. The molecule has 0 radical (unpaired) electrons. The van der Waals surface area contributed by atoms with Crippen LogP contribution in [0.3, 0.4) is 0 Å². The van der Waals surface area contributed by atoms with Crippen molar-refractivity contribution in [2.75, 3.05) is 5.75 Å². The van der Waals surface area contributed by atoms with E-state index in [1.165, 1.54) is 16.2 Å². The van der Waals surface area contributed by atoms with Gasteiger partial charge in [0, 0.05) is 11.3 Å². The van der Waals surface area contributed by atoms with Gasteiger partial charge in [-0.15, -0.1) is 23.1 Å². The topological polar surface area (TPSA) is 30.2 Å². The van der Waals surface area contributed by atoms with Crippen LogP contribution in [-0.4, -0.2) is 11.5 Å². The van der Waals surface area contributed by atoms with Crippen LogP contribution < -0.4 is 0 Å². The molecule has 2 aromatic heterocycles. The number of carbonyl (C=O) groups excluding carboxylic acids is 1. The Kier molecular flexibility index (Phi) is 4.45. The molecule has 0 N–H and O–H groups in total. The van der Waals surface area contributed by atoms with Gasteiger partial charge in [-0.1, -0.05) is 6.07 Å². The Bertz CT molecular complexity index is 471. The molecule has 0 spiro atoms. The number of hydrogen-bond donors (Lipinski definition) is 0. The highest BCUT2D eigenvalue weighted by Gasteiger charge is 2.07. The number of aryl methyl sites for hydroxylation is 1. The van der Waals surface area contributed by atoms with E-state index >= 15 is 0 Å². The summed E-state index contributed by atoms with van der Waals surface area (Å²) in [6.45, 7) is 1.96. The second-order valence-corrected chi connectivity index (χ2v) is 5.78. The molecule has 2 nitrogen and oxygen atoms in total. The highest BCUT2D eigenvalue weighted by molar-refractivity contribution is 7.99. The molecule has 17 heavy (non-hydrogen) atoms. The van der Waals surface area contributed by atoms with Crippen molar-refractivity contribution in [3.8, 4) is 0 Å². The van der Waals surface area contributed by atoms with Crippen molar-refractivity contribution in [3.05, 3.63) is 40.5 Å². The normalized spacial score (nSPS) is 10.6. The van der Waals surface area contributed by atoms with Crippen molar-refractivity contribution in [2.24, 2.45) is 0 Å². The summed E-state index contributed by atoms with van der Waals surface area (Å²) in [5, 5.41) is 1.94. The predicted octanol–water partition coefficient (Wildman–Crippen LogP) is 4.40. The van der Waals surface area contributed by atoms with E-state index < -0.39 is 0 Å². The number of carbonyl (C=O) groups is 1. The lowest BCUT2D eigenvalue weighted by atomic mass is 10.2. The number of rotatable bonds is 6. The molecule has 0 aliphatic heterocycles. The zero-order valence-corrected chi connectivity index (χ0v) is 11.3. The summed E-state index contributed by atoms with van der Waals surface area (Å²) in [6.07, 6.45) is 3.24. The summed E-state index contributed by atoms with van der Waals surface area (Å²) >= 11 is 3.27. The maximum absolute atomic E-state index is 11.7. The standard InChI is InChI=1S/C13H14O2S2/c1-10-12(6-7-15-10)16-8-2-4-11(14)13-5-3-9-17-13/h3,5-7,9H,2,4,8H2,1H3. The van der Waals surface area contributed by atoms with Gasteiger partial charge in [-0.25, -0.2) is 0 Å². The number of furan rings is 1. The molecule has 0 aliphatic carbocycles. The molecule has 0 aliphatic rings. The highest BCUT2D eigenvalue weighted by atomic mass is 32.2. The fourth-order valence-electron chi connectivity index (χ4n) is 1.50. The maximum atomic E-state index is 11.7. The van der Waals surface area contributed by atoms with E-state index in [0.29, 0.717) is 6.42 Å². The van der Waals surface area contributed by atoms with Gasteiger partial charge >= 0.3 is 0 Å². The van der Waals surface area contributed by atoms with Gasteiger partial charge in [-0.2, -0.15) is 0 Å². The quantitative estimate of drug-likeness (QED) is 0.441. The minimum Gasteiger partial charge on any atom is -0.468 e. The fourth-order valence-corrected chi connectivity index (χ4v) is 3.10. The van der Waals surface area contributed by atoms with Crippen molar-refractivity contribution >= 4 is 28.9 Å². The van der Waals surface area contributed by atoms with E-state index in [1.807, 2.05) is 30.5 Å². The lowest BCUT2D eigenvalue weighted by molar-refractivity contribution is 0.0986. The zero-order valence-electron chi connectivity index (χ0n) is 9.64. The van der Waals surface area contributed by atoms with Crippen molar-refractivity contribution < 1.29 is 9.21 Å². The van der Waals surface area contributed by atoms with Gasteiger partial charge in [0.15, 0.2) is 5.78 Å². The molecule has 0 unspecified atom stereocenters. The third kappa shape index (κ3) is 3.48. The lowest BCUT2D eigenvalue weighted by Crippen LogP contribution is -1.96. The molecule has 0 saturated heterocycles. The van der Waals surface area contributed by atoms with E-state index in [1.54, 1.807) is 18.0 Å². The van der Waals surface area contributed by atoms with Crippen LogP contribution in [0.15, 0.2) is 39.2 Å². The Labute approximate surface area is 109 Å². The van der Waals surface area contributed by atoms with E-state index in [0.717, 1.165) is 22.8 Å². The Morgan fingerprint density at radius 1 is 1.47 bits per heavy atom. The number of ketones is 1. The van der Waals surface area contributed by atoms with Crippen molar-refractivity contribution in [2.45, 2.75) is 24.7 Å². The highest BCUT2D eigenvalue weighted by Crippen LogP contribution is 2.24. The third-order valence-electron chi connectivity index (χ3n) is 2.41. The van der Waals surface area contributed by atoms with Gasteiger partial charge in [0.1, 0.15) is 5.76 Å². The summed E-state index contributed by atoms with van der Waals surface area (Å²) in [7, 11) is 0. The summed E-state index contributed by atoms with van der Waals surface area (Å²) < 4.78 is 5.22. The van der Waals surface area contributed by atoms with Gasteiger partial charge in [-0.3, -0.25) is 4.79 Å². The first-order chi connectivity index (χ1) is 8.27. The number of Topliss-reactive ketones (excluding diaryl/α,β-unsaturated/α-hetero) is 1. The minimum absolute atomic E-state index is 0.254. The largest absolute Gasteiger partial charge is 0.468 e. The van der Waals surface area contributed by atoms with Gasteiger partial charge in [0.25, 0.3) is 0 Å². The second kappa shape index (κ2) is 6.07. The van der Waals surface area contributed by atoms with Crippen LogP contribution in [0, 0.1) is 6.92 Å². The average molecular weight is 266 g/mol. The van der Waals surface area contributed by atoms with Crippen LogP contribution in [0.1, 0.15) is 28.3 Å². The van der Waals surface area contributed by atoms with E-state index in [-0.39, 0.29) is 5.78 Å². The van der Waals surface area contributed by atoms with Crippen LogP contribution in [0.5, 0.6) is 0 Å². The summed E-state index contributed by atoms with van der Waals surface area (Å²) in [4.78, 5) is 13.8. The monoisotopic (exact) mass is 266 g/mol. The predicted molar refractivity (Wildman–Crippen MR) is 72.1 cm³/mol. The SMILES string of the molecule is Cc1occc1SCCCC(=O)c1cccs1. The average Bonchev–Trinajstić information content (AvgIpc) is 2.96. The molecule has 90 valence electrons. The second-order valence-electron chi connectivity index (χ2n) is 3.69. The molecule has 2 rings (SSSR count). The first-order valence-electron chi connectivity index (χ1n) is 5.51. The van der Waals surface area contributed by atoms with Gasteiger partial charge in [0.2, 0.25) is 0 Å². The zero-order chi connectivity index (χ0) is 12.1. The van der Waals surface area contributed by atoms with Gasteiger partial charge in [-0.05, 0) is 36.6 Å². The summed E-state index contributed by atoms with van der Waals surface area (Å²) in [6, 6.07) is 5.78. The first-order valence-corrected chi connectivity index (χ1v) is 7.37. The van der Waals surface area contributed by atoms with Gasteiger partial charge < -0.3 is 4.42 Å². The smallest absolute Gasteiger partial charge is 0.172 e. The van der Waals surface area contributed by atoms with Gasteiger partial charge in [0.05, 0.1) is 11.1 Å². The molecule has 4 heteroatoms. The molecule has 0 aromatic carbocycles. The van der Waals surface area contributed by atoms with Crippen LogP contribution in [0.25, 0.3) is 0 Å². The molecule has 0 amide bonds. The molecule has 0 bridgehead atoms. The molecular formula is C13H14O2S2. The number of thioether (sulfide) groups is 1. The number of thiophene rings is 1. The summed E-state index contributed by atoms with van der Waals surface area (Å²) in [5.41, 5.74) is 0. The molecule has 2 heterocycles. The summed E-state index contributed by atoms with van der Waals surface area (Å²) in [5.74, 6) is 2.17. The molecule has 0 atom stereocenters. The van der Waals surface area contributed by atoms with Crippen LogP contribution in [-0.2, 0) is 0 Å². The molecular weight excluding hydrogens is 252 g/mol. The maximum Gasteiger partial charge on any atom is 0.172 e. The third-order valence-corrected chi connectivity index (χ3v) is 4.55. The Hall–Kier alpha value is -1.00. The van der Waals surface area contributed by atoms with Crippen LogP contribution in [0.4, 0.5) is 0 Å². The molecule has 2 aromatic rings. The Morgan fingerprint density at radius 2 is 2.35 bits per heavy atom. The minimum atomic E-state index is 0.254. The van der Waals surface area contributed by atoms with E-state index in [9.17, 15) is 4.79 Å². The van der Waals surface area contributed by atoms with Crippen molar-refractivity contribution in [1.82, 2.24) is 0 Å². The van der Waals surface area contributed by atoms with Crippen molar-refractivity contribution in [1.29, 1.82) is 0 Å².